The van der Waals surface area contributed by atoms with Crippen LogP contribution in [0.3, 0.4) is 0 Å². The minimum absolute atomic E-state index is 0.325. The van der Waals surface area contributed by atoms with E-state index in [1.54, 1.807) is 38.1 Å². The maximum Gasteiger partial charge on any atom is 0.351 e. The molecule has 0 aliphatic heterocycles. The zero-order valence-corrected chi connectivity index (χ0v) is 13.1. The normalized spacial score (nSPS) is 12.0. The maximum absolute atomic E-state index is 12.2. The van der Waals surface area contributed by atoms with Crippen LogP contribution in [0.1, 0.15) is 24.2 Å². The minimum Gasteiger partial charge on any atom is -0.448 e. The Kier molecular flexibility index (Phi) is 4.98. The third-order valence-corrected chi connectivity index (χ3v) is 3.21. The molecule has 8 heteroatoms. The van der Waals surface area contributed by atoms with Crippen molar-refractivity contribution >= 4 is 28.9 Å². The molecule has 126 valence electrons. The number of hydrogen-bond acceptors (Lipinski definition) is 6. The molecule has 3 N–H and O–H groups in total. The number of hydrogen-bond donors (Lipinski definition) is 2. The number of rotatable bonds is 4. The predicted molar refractivity (Wildman–Crippen MR) is 84.3 cm³/mol. The topological polar surface area (TPSA) is 129 Å². The zero-order chi connectivity index (χ0) is 17.9. The van der Waals surface area contributed by atoms with Crippen molar-refractivity contribution in [1.82, 2.24) is 5.32 Å². The van der Waals surface area contributed by atoms with E-state index < -0.39 is 35.6 Å². The van der Waals surface area contributed by atoms with Gasteiger partial charge >= 0.3 is 17.6 Å². The van der Waals surface area contributed by atoms with Gasteiger partial charge in [-0.05, 0) is 18.1 Å². The summed E-state index contributed by atoms with van der Waals surface area (Å²) in [6.45, 7) is 3.22. The molecular weight excluding hydrogens is 316 g/mol. The van der Waals surface area contributed by atoms with Gasteiger partial charge in [0.1, 0.15) is 11.1 Å². The van der Waals surface area contributed by atoms with Crippen LogP contribution in [0.5, 0.6) is 0 Å². The summed E-state index contributed by atoms with van der Waals surface area (Å²) in [6, 6.07) is 6.91. The van der Waals surface area contributed by atoms with Crippen LogP contribution < -0.4 is 16.7 Å². The smallest absolute Gasteiger partial charge is 0.351 e. The summed E-state index contributed by atoms with van der Waals surface area (Å²) in [6.07, 6.45) is -1.28. The van der Waals surface area contributed by atoms with Crippen molar-refractivity contribution in [2.24, 2.45) is 11.7 Å². The van der Waals surface area contributed by atoms with Crippen LogP contribution in [0, 0.1) is 5.92 Å². The van der Waals surface area contributed by atoms with Crippen molar-refractivity contribution in [1.29, 1.82) is 0 Å². The lowest BCUT2D eigenvalue weighted by molar-refractivity contribution is -0.130. The number of amides is 3. The standard InChI is InChI=1S/C16H16N2O6/c1-8(2)12(13(19)18-16(17)22)24-15(21)10-7-9-5-3-4-6-11(9)23-14(10)20/h3-8,12H,1-2H3,(H3,17,18,19,22)/t12-/m1/s1. The molecular formula is C16H16N2O6. The van der Waals surface area contributed by atoms with E-state index in [0.29, 0.717) is 11.0 Å². The van der Waals surface area contributed by atoms with Crippen LogP contribution in [0.25, 0.3) is 11.0 Å². The molecule has 1 aromatic carbocycles. The number of urea groups is 1. The Hall–Kier alpha value is -3.16. The second kappa shape index (κ2) is 6.95. The van der Waals surface area contributed by atoms with Gasteiger partial charge in [-0.25, -0.2) is 14.4 Å². The number of fused-ring (bicyclic) bond motifs is 1. The van der Waals surface area contributed by atoms with Crippen molar-refractivity contribution in [3.05, 3.63) is 46.3 Å². The van der Waals surface area contributed by atoms with Crippen molar-refractivity contribution in [2.75, 3.05) is 0 Å². The third kappa shape index (κ3) is 3.78. The van der Waals surface area contributed by atoms with Crippen LogP contribution in [0.15, 0.2) is 39.5 Å². The minimum atomic E-state index is -1.28. The summed E-state index contributed by atoms with van der Waals surface area (Å²) < 4.78 is 10.1. The highest BCUT2D eigenvalue weighted by Gasteiger charge is 2.29. The summed E-state index contributed by atoms with van der Waals surface area (Å²) >= 11 is 0. The Morgan fingerprint density at radius 3 is 2.50 bits per heavy atom. The third-order valence-electron chi connectivity index (χ3n) is 3.21. The first-order chi connectivity index (χ1) is 11.3. The van der Waals surface area contributed by atoms with Crippen LogP contribution in [0.2, 0.25) is 0 Å². The predicted octanol–water partition coefficient (Wildman–Crippen LogP) is 1.17. The largest absolute Gasteiger partial charge is 0.448 e. The first-order valence-corrected chi connectivity index (χ1v) is 7.13. The Balaban J connectivity index is 2.30. The van der Waals surface area contributed by atoms with Crippen molar-refractivity contribution in [3.8, 4) is 0 Å². The monoisotopic (exact) mass is 332 g/mol. The van der Waals surface area contributed by atoms with E-state index in [0.717, 1.165) is 0 Å². The van der Waals surface area contributed by atoms with Gasteiger partial charge in [0.25, 0.3) is 5.91 Å². The Bertz CT molecular complexity index is 855. The Morgan fingerprint density at radius 2 is 1.88 bits per heavy atom. The van der Waals surface area contributed by atoms with Gasteiger partial charge in [0.05, 0.1) is 0 Å². The molecule has 3 amide bonds. The number of nitrogens with two attached hydrogens (primary N) is 1. The lowest BCUT2D eigenvalue weighted by Gasteiger charge is -2.19. The van der Waals surface area contributed by atoms with Crippen LogP contribution in [-0.2, 0) is 9.53 Å². The van der Waals surface area contributed by atoms with E-state index in [1.165, 1.54) is 6.07 Å². The first-order valence-electron chi connectivity index (χ1n) is 7.13. The van der Waals surface area contributed by atoms with E-state index >= 15 is 0 Å². The van der Waals surface area contributed by atoms with Gasteiger partial charge in [0.15, 0.2) is 6.10 Å². The van der Waals surface area contributed by atoms with Crippen molar-refractivity contribution in [3.63, 3.8) is 0 Å². The highest BCUT2D eigenvalue weighted by molar-refractivity contribution is 5.99. The number of primary amides is 1. The molecule has 0 saturated heterocycles. The number of ether oxygens (including phenoxy) is 1. The number of carbonyl (C=O) groups is 3. The van der Waals surface area contributed by atoms with Gasteiger partial charge < -0.3 is 14.9 Å². The van der Waals surface area contributed by atoms with Gasteiger partial charge in [0, 0.05) is 5.39 Å². The lowest BCUT2D eigenvalue weighted by Crippen LogP contribution is -2.45. The number of benzene rings is 1. The molecule has 0 saturated carbocycles. The molecule has 0 aliphatic carbocycles. The average Bonchev–Trinajstić information content (AvgIpc) is 2.50. The number of imide groups is 1. The van der Waals surface area contributed by atoms with Crippen molar-refractivity contribution < 1.29 is 23.5 Å². The lowest BCUT2D eigenvalue weighted by atomic mass is 10.1. The second-order valence-electron chi connectivity index (χ2n) is 5.41. The molecule has 2 aromatic rings. The molecule has 0 bridgehead atoms. The average molecular weight is 332 g/mol. The molecule has 0 aliphatic rings. The molecule has 1 atom stereocenters. The highest BCUT2D eigenvalue weighted by atomic mass is 16.5. The molecule has 0 spiro atoms. The molecule has 24 heavy (non-hydrogen) atoms. The molecule has 2 rings (SSSR count). The zero-order valence-electron chi connectivity index (χ0n) is 13.1. The molecule has 0 radical (unpaired) electrons. The fraction of sp³-hybridized carbons (Fsp3) is 0.250. The van der Waals surface area contributed by atoms with E-state index in [9.17, 15) is 19.2 Å². The summed E-state index contributed by atoms with van der Waals surface area (Å²) in [5.74, 6) is -2.33. The fourth-order valence-corrected chi connectivity index (χ4v) is 2.07. The number of para-hydroxylation sites is 1. The van der Waals surface area contributed by atoms with Crippen LogP contribution in [-0.4, -0.2) is 24.0 Å². The number of nitrogens with one attached hydrogen (secondary N) is 1. The quantitative estimate of drug-likeness (QED) is 0.638. The maximum atomic E-state index is 12.2. The molecule has 8 nitrogen and oxygen atoms in total. The van der Waals surface area contributed by atoms with Gasteiger partial charge in [-0.15, -0.1) is 0 Å². The van der Waals surface area contributed by atoms with Gasteiger partial charge in [-0.2, -0.15) is 0 Å². The molecule has 1 heterocycles. The highest BCUT2D eigenvalue weighted by Crippen LogP contribution is 2.15. The number of carbonyl (C=O) groups excluding carboxylic acids is 3. The molecule has 0 fully saturated rings. The van der Waals surface area contributed by atoms with Gasteiger partial charge in [-0.3, -0.25) is 10.1 Å². The number of esters is 1. The van der Waals surface area contributed by atoms with E-state index in [-0.39, 0.29) is 5.56 Å². The van der Waals surface area contributed by atoms with Crippen LogP contribution >= 0.6 is 0 Å². The summed E-state index contributed by atoms with van der Waals surface area (Å²) in [4.78, 5) is 46.8. The Labute approximate surface area is 136 Å². The van der Waals surface area contributed by atoms with E-state index in [4.69, 9.17) is 14.9 Å². The first kappa shape index (κ1) is 17.2. The molecule has 0 unspecified atom stereocenters. The Morgan fingerprint density at radius 1 is 1.21 bits per heavy atom. The SMILES string of the molecule is CC(C)[C@@H](OC(=O)c1cc2ccccc2oc1=O)C(=O)NC(N)=O. The second-order valence-corrected chi connectivity index (χ2v) is 5.41. The molecule has 1 aromatic heterocycles. The van der Waals surface area contributed by atoms with Crippen LogP contribution in [0.4, 0.5) is 4.79 Å². The summed E-state index contributed by atoms with van der Waals surface area (Å²) in [5.41, 5.74) is 3.99. The van der Waals surface area contributed by atoms with E-state index in [2.05, 4.69) is 0 Å². The summed E-state index contributed by atoms with van der Waals surface area (Å²) in [7, 11) is 0. The van der Waals surface area contributed by atoms with Gasteiger partial charge in [-0.1, -0.05) is 32.0 Å². The van der Waals surface area contributed by atoms with Gasteiger partial charge in [0.2, 0.25) is 0 Å². The fourth-order valence-electron chi connectivity index (χ4n) is 2.07. The van der Waals surface area contributed by atoms with Crippen molar-refractivity contribution in [2.45, 2.75) is 20.0 Å². The van der Waals surface area contributed by atoms with E-state index in [1.807, 2.05) is 5.32 Å². The summed E-state index contributed by atoms with van der Waals surface area (Å²) in [5, 5.41) is 2.38.